The number of carbonyl (C=O) groups excluding carboxylic acids is 1. The molecule has 16 heavy (non-hydrogen) atoms. The van der Waals surface area contributed by atoms with Gasteiger partial charge in [0.15, 0.2) is 0 Å². The molecule has 0 aliphatic rings. The highest BCUT2D eigenvalue weighted by molar-refractivity contribution is 5.90. The third-order valence-electron chi connectivity index (χ3n) is 1.81. The van der Waals surface area contributed by atoms with Gasteiger partial charge >= 0.3 is 0 Å². The number of likely N-dealkylation sites (N-methyl/N-ethyl adjacent to an activating group) is 1. The van der Waals surface area contributed by atoms with E-state index in [0.717, 1.165) is 0 Å². The van der Waals surface area contributed by atoms with Gasteiger partial charge in [-0.1, -0.05) is 0 Å². The Morgan fingerprint density at radius 2 is 2.19 bits per heavy atom. The number of amides is 1. The SMILES string of the molecule is CC(O)CN(C)CC(=O)Nc1ncccn1. The van der Waals surface area contributed by atoms with Crippen LogP contribution in [0.15, 0.2) is 18.5 Å². The van der Waals surface area contributed by atoms with Crippen LogP contribution in [0.1, 0.15) is 6.92 Å². The molecule has 1 rings (SSSR count). The first kappa shape index (κ1) is 12.5. The second kappa shape index (κ2) is 6.14. The number of carbonyl (C=O) groups is 1. The van der Waals surface area contributed by atoms with Crippen molar-refractivity contribution in [2.75, 3.05) is 25.5 Å². The highest BCUT2D eigenvalue weighted by atomic mass is 16.3. The summed E-state index contributed by atoms with van der Waals surface area (Å²) in [5.41, 5.74) is 0. The highest BCUT2D eigenvalue weighted by Gasteiger charge is 2.09. The van der Waals surface area contributed by atoms with Crippen LogP contribution in [0, 0.1) is 0 Å². The molecule has 1 aromatic heterocycles. The summed E-state index contributed by atoms with van der Waals surface area (Å²) < 4.78 is 0. The predicted molar refractivity (Wildman–Crippen MR) is 59.8 cm³/mol. The van der Waals surface area contributed by atoms with Gasteiger partial charge in [-0.2, -0.15) is 0 Å². The van der Waals surface area contributed by atoms with Crippen molar-refractivity contribution in [3.8, 4) is 0 Å². The van der Waals surface area contributed by atoms with E-state index in [4.69, 9.17) is 5.11 Å². The summed E-state index contributed by atoms with van der Waals surface area (Å²) in [6, 6.07) is 1.68. The molecular formula is C10H16N4O2. The molecule has 1 atom stereocenters. The summed E-state index contributed by atoms with van der Waals surface area (Å²) in [5.74, 6) is 0.0901. The van der Waals surface area contributed by atoms with Gasteiger partial charge < -0.3 is 5.11 Å². The Morgan fingerprint density at radius 1 is 1.56 bits per heavy atom. The zero-order chi connectivity index (χ0) is 12.0. The molecule has 1 aromatic rings. The molecule has 1 unspecified atom stereocenters. The molecule has 1 heterocycles. The Labute approximate surface area is 94.3 Å². The first-order valence-electron chi connectivity index (χ1n) is 5.01. The van der Waals surface area contributed by atoms with Crippen molar-refractivity contribution in [3.05, 3.63) is 18.5 Å². The van der Waals surface area contributed by atoms with Crippen LogP contribution in [-0.4, -0.2) is 52.1 Å². The van der Waals surface area contributed by atoms with E-state index in [2.05, 4.69) is 15.3 Å². The zero-order valence-corrected chi connectivity index (χ0v) is 9.42. The summed E-state index contributed by atoms with van der Waals surface area (Å²) in [5, 5.41) is 11.7. The number of hydrogen-bond acceptors (Lipinski definition) is 5. The van der Waals surface area contributed by atoms with E-state index in [0.29, 0.717) is 6.54 Å². The Morgan fingerprint density at radius 3 is 2.75 bits per heavy atom. The maximum absolute atomic E-state index is 11.5. The van der Waals surface area contributed by atoms with Gasteiger partial charge in [0.2, 0.25) is 11.9 Å². The number of aliphatic hydroxyl groups excluding tert-OH is 1. The Balaban J connectivity index is 2.36. The maximum Gasteiger partial charge on any atom is 0.240 e. The molecule has 0 spiro atoms. The first-order chi connectivity index (χ1) is 7.58. The molecule has 0 bridgehead atoms. The molecule has 88 valence electrons. The second-order valence-electron chi connectivity index (χ2n) is 3.67. The lowest BCUT2D eigenvalue weighted by Crippen LogP contribution is -2.34. The number of aromatic nitrogens is 2. The van der Waals surface area contributed by atoms with Crippen molar-refractivity contribution in [2.24, 2.45) is 0 Å². The minimum absolute atomic E-state index is 0.198. The molecule has 6 heteroatoms. The van der Waals surface area contributed by atoms with Crippen LogP contribution in [0.2, 0.25) is 0 Å². The van der Waals surface area contributed by atoms with Crippen LogP contribution in [0.25, 0.3) is 0 Å². The van der Waals surface area contributed by atoms with E-state index < -0.39 is 6.10 Å². The van der Waals surface area contributed by atoms with Gasteiger partial charge in [-0.15, -0.1) is 0 Å². The average molecular weight is 224 g/mol. The molecule has 6 nitrogen and oxygen atoms in total. The Kier molecular flexibility index (Phi) is 4.81. The van der Waals surface area contributed by atoms with Gasteiger partial charge in [-0.05, 0) is 20.0 Å². The van der Waals surface area contributed by atoms with Crippen LogP contribution in [0.3, 0.4) is 0 Å². The normalized spacial score (nSPS) is 12.5. The lowest BCUT2D eigenvalue weighted by molar-refractivity contribution is -0.117. The topological polar surface area (TPSA) is 78.4 Å². The monoisotopic (exact) mass is 224 g/mol. The first-order valence-corrected chi connectivity index (χ1v) is 5.01. The molecule has 0 aliphatic heterocycles. The predicted octanol–water partition coefficient (Wildman–Crippen LogP) is -0.272. The Hall–Kier alpha value is -1.53. The molecule has 0 aliphatic carbocycles. The maximum atomic E-state index is 11.5. The van der Waals surface area contributed by atoms with E-state index in [1.807, 2.05) is 0 Å². The smallest absolute Gasteiger partial charge is 0.240 e. The van der Waals surface area contributed by atoms with Crippen molar-refractivity contribution < 1.29 is 9.90 Å². The third kappa shape index (κ3) is 4.81. The lowest BCUT2D eigenvalue weighted by atomic mass is 10.3. The van der Waals surface area contributed by atoms with E-state index in [-0.39, 0.29) is 18.4 Å². The van der Waals surface area contributed by atoms with Gasteiger partial charge in [0, 0.05) is 18.9 Å². The standard InChI is InChI=1S/C10H16N4O2/c1-8(15)6-14(2)7-9(16)13-10-11-4-3-5-12-10/h3-5,8,15H,6-7H2,1-2H3,(H,11,12,13,16). The fourth-order valence-electron chi connectivity index (χ4n) is 1.29. The van der Waals surface area contributed by atoms with Crippen molar-refractivity contribution in [3.63, 3.8) is 0 Å². The van der Waals surface area contributed by atoms with E-state index >= 15 is 0 Å². The van der Waals surface area contributed by atoms with Gasteiger partial charge in [0.1, 0.15) is 0 Å². The molecule has 0 saturated carbocycles. The molecule has 0 fully saturated rings. The molecular weight excluding hydrogens is 208 g/mol. The van der Waals surface area contributed by atoms with Crippen LogP contribution >= 0.6 is 0 Å². The summed E-state index contributed by atoms with van der Waals surface area (Å²) in [7, 11) is 1.76. The van der Waals surface area contributed by atoms with Crippen LogP contribution < -0.4 is 5.32 Å². The lowest BCUT2D eigenvalue weighted by Gasteiger charge is -2.17. The van der Waals surface area contributed by atoms with Gasteiger partial charge in [-0.25, -0.2) is 9.97 Å². The van der Waals surface area contributed by atoms with Crippen LogP contribution in [-0.2, 0) is 4.79 Å². The number of hydrogen-bond donors (Lipinski definition) is 2. The van der Waals surface area contributed by atoms with Crippen molar-refractivity contribution >= 4 is 11.9 Å². The number of rotatable bonds is 5. The van der Waals surface area contributed by atoms with E-state index in [1.54, 1.807) is 37.3 Å². The summed E-state index contributed by atoms with van der Waals surface area (Å²) in [6.07, 6.45) is 2.66. The fourth-order valence-corrected chi connectivity index (χ4v) is 1.29. The summed E-state index contributed by atoms with van der Waals surface area (Å²) in [4.78, 5) is 21.0. The highest BCUT2D eigenvalue weighted by Crippen LogP contribution is 1.95. The average Bonchev–Trinajstić information content (AvgIpc) is 2.17. The third-order valence-corrected chi connectivity index (χ3v) is 1.81. The van der Waals surface area contributed by atoms with Gasteiger partial charge in [-0.3, -0.25) is 15.0 Å². The fraction of sp³-hybridized carbons (Fsp3) is 0.500. The number of nitrogens with zero attached hydrogens (tertiary/aromatic N) is 3. The van der Waals surface area contributed by atoms with Crippen molar-refractivity contribution in [1.29, 1.82) is 0 Å². The largest absolute Gasteiger partial charge is 0.392 e. The molecule has 2 N–H and O–H groups in total. The zero-order valence-electron chi connectivity index (χ0n) is 9.42. The van der Waals surface area contributed by atoms with E-state index in [1.165, 1.54) is 0 Å². The van der Waals surface area contributed by atoms with Crippen LogP contribution in [0.4, 0.5) is 5.95 Å². The van der Waals surface area contributed by atoms with Crippen LogP contribution in [0.5, 0.6) is 0 Å². The van der Waals surface area contributed by atoms with Gasteiger partial charge in [0.05, 0.1) is 12.6 Å². The minimum Gasteiger partial charge on any atom is -0.392 e. The Bertz CT molecular complexity index is 329. The summed E-state index contributed by atoms with van der Waals surface area (Å²) in [6.45, 7) is 2.32. The number of nitrogens with one attached hydrogen (secondary N) is 1. The van der Waals surface area contributed by atoms with Gasteiger partial charge in [0.25, 0.3) is 0 Å². The number of anilines is 1. The summed E-state index contributed by atoms with van der Waals surface area (Å²) >= 11 is 0. The quantitative estimate of drug-likeness (QED) is 0.719. The second-order valence-corrected chi connectivity index (χ2v) is 3.67. The molecule has 0 saturated heterocycles. The molecule has 0 aromatic carbocycles. The minimum atomic E-state index is -0.453. The molecule has 0 radical (unpaired) electrons. The van der Waals surface area contributed by atoms with Crippen molar-refractivity contribution in [1.82, 2.24) is 14.9 Å². The molecule has 1 amide bonds. The van der Waals surface area contributed by atoms with E-state index in [9.17, 15) is 4.79 Å². The van der Waals surface area contributed by atoms with Crippen molar-refractivity contribution in [2.45, 2.75) is 13.0 Å². The number of aliphatic hydroxyl groups is 1.